The van der Waals surface area contributed by atoms with Gasteiger partial charge in [-0.1, -0.05) is 9.60 Å². The predicted molar refractivity (Wildman–Crippen MR) is 21.9 cm³/mol. The highest BCUT2D eigenvalue weighted by atomic mass is 19.3. The maximum atomic E-state index is 11.6. The van der Waals surface area contributed by atoms with E-state index in [1.54, 1.807) is 0 Å². The third kappa shape index (κ3) is 1.92. The molecule has 0 aromatic carbocycles. The van der Waals surface area contributed by atoms with Crippen LogP contribution in [0.1, 0.15) is 0 Å². The fourth-order valence-corrected chi connectivity index (χ4v) is 0.213. The van der Waals surface area contributed by atoms with Crippen LogP contribution >= 0.6 is 0 Å². The number of hydrogen-bond acceptors (Lipinski definition) is 1. The van der Waals surface area contributed by atoms with Gasteiger partial charge in [-0.05, 0) is 0 Å². The zero-order valence-corrected chi connectivity index (χ0v) is 4.77. The summed E-state index contributed by atoms with van der Waals surface area (Å²) in [5.74, 6) is 0. The Labute approximate surface area is 56.9 Å². The molecule has 1 amide bonds. The van der Waals surface area contributed by atoms with Gasteiger partial charge in [-0.2, -0.15) is 8.78 Å². The Morgan fingerprint density at radius 2 is 1.82 bits per heavy atom. The minimum absolute atomic E-state index is 2.24. The molecule has 0 saturated heterocycles. The summed E-state index contributed by atoms with van der Waals surface area (Å²) in [5.41, 5.74) is 0. The van der Waals surface area contributed by atoms with Crippen molar-refractivity contribution in [2.75, 3.05) is 0 Å². The Morgan fingerprint density at radius 1 is 1.45 bits per heavy atom. The first-order valence-electron chi connectivity index (χ1n) is 2.15. The third-order valence-electron chi connectivity index (χ3n) is 0.692. The van der Waals surface area contributed by atoms with Crippen molar-refractivity contribution in [3.8, 4) is 0 Å². The molecular formula is C3H2F5NO2. The van der Waals surface area contributed by atoms with E-state index < -0.39 is 23.7 Å². The SMILES string of the molecule is O=C(O)N(F)C(F)(F)C(F)F. The van der Waals surface area contributed by atoms with Gasteiger partial charge >= 0.3 is 18.6 Å². The number of halogens is 5. The summed E-state index contributed by atoms with van der Waals surface area (Å²) in [7, 11) is 0. The summed E-state index contributed by atoms with van der Waals surface area (Å²) >= 11 is 0. The van der Waals surface area contributed by atoms with Crippen LogP contribution in [0.2, 0.25) is 0 Å². The molecule has 0 aliphatic rings. The molecule has 8 heteroatoms. The minimum atomic E-state index is -5.29. The lowest BCUT2D eigenvalue weighted by Gasteiger charge is -2.18. The van der Waals surface area contributed by atoms with E-state index in [9.17, 15) is 26.8 Å². The van der Waals surface area contributed by atoms with E-state index >= 15 is 0 Å². The van der Waals surface area contributed by atoms with Crippen molar-refractivity contribution in [2.24, 2.45) is 0 Å². The Kier molecular flexibility index (Phi) is 2.60. The first kappa shape index (κ1) is 9.92. The summed E-state index contributed by atoms with van der Waals surface area (Å²) in [4.78, 5) is 9.39. The second-order valence-corrected chi connectivity index (χ2v) is 1.45. The van der Waals surface area contributed by atoms with Gasteiger partial charge in [-0.15, -0.1) is 0 Å². The molecule has 0 radical (unpaired) electrons. The summed E-state index contributed by atoms with van der Waals surface area (Å²) in [6.45, 7) is 0. The highest BCUT2D eigenvalue weighted by Crippen LogP contribution is 2.27. The fraction of sp³-hybridized carbons (Fsp3) is 0.667. The first-order chi connectivity index (χ1) is 4.80. The van der Waals surface area contributed by atoms with Crippen LogP contribution in [0.3, 0.4) is 0 Å². The molecule has 0 aromatic rings. The molecule has 0 spiro atoms. The molecule has 0 aliphatic carbocycles. The van der Waals surface area contributed by atoms with E-state index in [1.807, 2.05) is 0 Å². The van der Waals surface area contributed by atoms with Crippen molar-refractivity contribution < 1.29 is 31.9 Å². The molecule has 0 atom stereocenters. The van der Waals surface area contributed by atoms with Gasteiger partial charge in [0.05, 0.1) is 0 Å². The van der Waals surface area contributed by atoms with E-state index in [1.165, 1.54) is 0 Å². The number of carboxylic acid groups (broad SMARTS) is 1. The number of carbonyl (C=O) groups is 1. The van der Waals surface area contributed by atoms with Crippen LogP contribution in [0.4, 0.5) is 26.8 Å². The molecule has 0 rings (SSSR count). The zero-order valence-electron chi connectivity index (χ0n) is 4.77. The van der Waals surface area contributed by atoms with Crippen molar-refractivity contribution in [2.45, 2.75) is 12.5 Å². The topological polar surface area (TPSA) is 40.5 Å². The number of amides is 1. The monoisotopic (exact) mass is 179 g/mol. The molecule has 0 bridgehead atoms. The average Bonchev–Trinajstić information content (AvgIpc) is 1.85. The molecule has 0 fully saturated rings. The van der Waals surface area contributed by atoms with Crippen LogP contribution in [0.25, 0.3) is 0 Å². The molecule has 3 nitrogen and oxygen atoms in total. The van der Waals surface area contributed by atoms with E-state index in [0.717, 1.165) is 0 Å². The van der Waals surface area contributed by atoms with Crippen molar-refractivity contribution in [3.05, 3.63) is 0 Å². The van der Waals surface area contributed by atoms with Crippen LogP contribution in [-0.2, 0) is 0 Å². The Morgan fingerprint density at radius 3 is 1.91 bits per heavy atom. The van der Waals surface area contributed by atoms with E-state index in [-0.39, 0.29) is 0 Å². The van der Waals surface area contributed by atoms with Crippen molar-refractivity contribution in [1.82, 2.24) is 5.12 Å². The van der Waals surface area contributed by atoms with Crippen molar-refractivity contribution >= 4 is 6.09 Å². The van der Waals surface area contributed by atoms with Gasteiger partial charge in [-0.25, -0.2) is 13.6 Å². The molecular weight excluding hydrogens is 177 g/mol. The van der Waals surface area contributed by atoms with E-state index in [0.29, 0.717) is 0 Å². The fourth-order valence-electron chi connectivity index (χ4n) is 0.213. The maximum absolute atomic E-state index is 11.6. The number of hydrogen-bond donors (Lipinski definition) is 1. The van der Waals surface area contributed by atoms with Gasteiger partial charge < -0.3 is 5.11 Å². The number of alkyl halides is 4. The first-order valence-corrected chi connectivity index (χ1v) is 2.15. The molecule has 0 saturated carbocycles. The van der Waals surface area contributed by atoms with Gasteiger partial charge in [0.25, 0.3) is 0 Å². The van der Waals surface area contributed by atoms with Crippen molar-refractivity contribution in [3.63, 3.8) is 0 Å². The zero-order chi connectivity index (χ0) is 9.23. The van der Waals surface area contributed by atoms with Crippen LogP contribution < -0.4 is 0 Å². The quantitative estimate of drug-likeness (QED) is 0.398. The highest BCUT2D eigenvalue weighted by Gasteiger charge is 2.51. The van der Waals surface area contributed by atoms with Gasteiger partial charge in [0.1, 0.15) is 0 Å². The third-order valence-corrected chi connectivity index (χ3v) is 0.692. The normalized spacial score (nSPS) is 11.8. The summed E-state index contributed by atoms with van der Waals surface area (Å²) in [6, 6.07) is -5.29. The summed E-state index contributed by atoms with van der Waals surface area (Å²) in [5, 5.41) is 5.27. The van der Waals surface area contributed by atoms with Gasteiger partial charge in [0, 0.05) is 0 Å². The van der Waals surface area contributed by atoms with Crippen LogP contribution in [-0.4, -0.2) is 28.8 Å². The molecule has 66 valence electrons. The van der Waals surface area contributed by atoms with E-state index in [2.05, 4.69) is 0 Å². The Balaban J connectivity index is 4.41. The number of nitrogens with zero attached hydrogens (tertiary/aromatic N) is 1. The largest absolute Gasteiger partial charge is 0.463 e. The molecule has 11 heavy (non-hydrogen) atoms. The Hall–Kier alpha value is -1.08. The summed E-state index contributed by atoms with van der Waals surface area (Å²) < 4.78 is 57.0. The molecule has 0 aliphatic heterocycles. The van der Waals surface area contributed by atoms with Crippen LogP contribution in [0.15, 0.2) is 0 Å². The molecule has 0 heterocycles. The second-order valence-electron chi connectivity index (χ2n) is 1.45. The molecule has 1 N–H and O–H groups in total. The smallest absolute Gasteiger partial charge is 0.441 e. The lowest BCUT2D eigenvalue weighted by Crippen LogP contribution is -2.44. The van der Waals surface area contributed by atoms with Crippen LogP contribution in [0.5, 0.6) is 0 Å². The maximum Gasteiger partial charge on any atom is 0.441 e. The lowest BCUT2D eigenvalue weighted by molar-refractivity contribution is -0.269. The lowest BCUT2D eigenvalue weighted by atomic mass is 10.6. The molecule has 0 aromatic heterocycles. The van der Waals surface area contributed by atoms with Gasteiger partial charge in [0.15, 0.2) is 0 Å². The van der Waals surface area contributed by atoms with Crippen LogP contribution in [0, 0.1) is 0 Å². The van der Waals surface area contributed by atoms with Gasteiger partial charge in [-0.3, -0.25) is 0 Å². The Bertz CT molecular complexity index is 160. The standard InChI is InChI=1S/C3H2F5NO2/c4-1(5)3(6,7)9(8)2(10)11/h1H,(H,10,11). The minimum Gasteiger partial charge on any atom is -0.463 e. The average molecular weight is 179 g/mol. The predicted octanol–water partition coefficient (Wildman–Crippen LogP) is 1.71. The van der Waals surface area contributed by atoms with E-state index in [4.69, 9.17) is 5.11 Å². The highest BCUT2D eigenvalue weighted by molar-refractivity contribution is 5.64. The second kappa shape index (κ2) is 2.89. The molecule has 0 unspecified atom stereocenters. The van der Waals surface area contributed by atoms with Crippen molar-refractivity contribution in [1.29, 1.82) is 0 Å². The summed E-state index contributed by atoms with van der Waals surface area (Å²) in [6.07, 6.45) is -7.15. The number of rotatable bonds is 2. The van der Waals surface area contributed by atoms with Gasteiger partial charge in [0.2, 0.25) is 0 Å².